The fraction of sp³-hybridized carbons (Fsp3) is 0. The first-order chi connectivity index (χ1) is 39.2. The molecule has 17 aromatic rings. The van der Waals surface area contributed by atoms with Crippen LogP contribution in [0.1, 0.15) is 0 Å². The van der Waals surface area contributed by atoms with Gasteiger partial charge in [-0.05, 0) is 18.2 Å². The maximum absolute atomic E-state index is 2.51. The van der Waals surface area contributed by atoms with Crippen LogP contribution in [0.5, 0.6) is 0 Å². The van der Waals surface area contributed by atoms with Crippen molar-refractivity contribution in [2.45, 2.75) is 0 Å². The first-order valence-corrected chi connectivity index (χ1v) is 29.0. The Labute approximate surface area is 461 Å². The molecule has 3 heterocycles. The number of fused-ring (bicyclic) bond motifs is 13. The molecule has 17 rings (SSSR count). The molecule has 0 spiro atoms. The van der Waals surface area contributed by atoms with Crippen LogP contribution in [0.15, 0.2) is 279 Å². The minimum Gasteiger partial charge on any atom is -0.0602 e. The molecule has 0 unspecified atom stereocenters. The maximum atomic E-state index is 2.51. The van der Waals surface area contributed by atoms with Gasteiger partial charge in [0.25, 0.3) is 0 Å². The minimum atomic E-state index is 0.0887. The second kappa shape index (κ2) is 17.4. The van der Waals surface area contributed by atoms with Crippen molar-refractivity contribution in [1.82, 2.24) is 9.13 Å². The molecular formula is C76H46N2Se. The molecule has 0 bridgehead atoms. The second-order valence-corrected chi connectivity index (χ2v) is 23.2. The van der Waals surface area contributed by atoms with Crippen molar-refractivity contribution in [3.8, 4) is 55.9 Å². The van der Waals surface area contributed by atoms with Gasteiger partial charge in [-0.1, -0.05) is 66.7 Å². The van der Waals surface area contributed by atoms with E-state index in [1.54, 1.807) is 0 Å². The Morgan fingerprint density at radius 1 is 0.215 bits per heavy atom. The first kappa shape index (κ1) is 44.4. The van der Waals surface area contributed by atoms with Crippen molar-refractivity contribution < 1.29 is 0 Å². The summed E-state index contributed by atoms with van der Waals surface area (Å²) in [4.78, 5) is 0. The van der Waals surface area contributed by atoms with Gasteiger partial charge in [-0.3, -0.25) is 0 Å². The molecule has 2 nitrogen and oxygen atoms in total. The number of benzene rings is 14. The molecule has 0 radical (unpaired) electrons. The number of hydrogen-bond donors (Lipinski definition) is 0. The van der Waals surface area contributed by atoms with Gasteiger partial charge >= 0.3 is 363 Å². The van der Waals surface area contributed by atoms with Gasteiger partial charge in [0.2, 0.25) is 0 Å². The van der Waals surface area contributed by atoms with Crippen molar-refractivity contribution in [2.24, 2.45) is 0 Å². The third-order valence-electron chi connectivity index (χ3n) is 16.9. The zero-order valence-corrected chi connectivity index (χ0v) is 44.6. The van der Waals surface area contributed by atoms with E-state index in [1.165, 1.54) is 151 Å². The summed E-state index contributed by atoms with van der Waals surface area (Å²) in [5.41, 5.74) is 17.3. The molecule has 0 N–H and O–H groups in total. The predicted octanol–water partition coefficient (Wildman–Crippen LogP) is 20.5. The molecule has 0 atom stereocenters. The molecule has 0 saturated carbocycles. The summed E-state index contributed by atoms with van der Waals surface area (Å²) < 4.78 is 7.74. The van der Waals surface area contributed by atoms with Crippen molar-refractivity contribution in [3.63, 3.8) is 0 Å². The second-order valence-electron chi connectivity index (χ2n) is 21.0. The van der Waals surface area contributed by atoms with Crippen LogP contribution >= 0.6 is 0 Å². The SMILES string of the molecule is c1ccc(-n2c3ccccc3c3ccc(-c4c5ccccc5c(-c5ccc6[se]c7c(-c8c9ccccc9c(-c9ccc%10c%11ccccc%11n(-c%11ccccc%11)c%10c9)c9ccccc89)cccc7c6c5)c5ccccc45)cc32)cc1. The van der Waals surface area contributed by atoms with Gasteiger partial charge in [-0.25, -0.2) is 0 Å². The van der Waals surface area contributed by atoms with E-state index in [4.69, 9.17) is 0 Å². The van der Waals surface area contributed by atoms with Crippen LogP contribution in [-0.4, -0.2) is 23.6 Å². The minimum absolute atomic E-state index is 0.0887. The average Bonchev–Trinajstić information content (AvgIpc) is 4.37. The van der Waals surface area contributed by atoms with Crippen LogP contribution in [0.4, 0.5) is 0 Å². The summed E-state index contributed by atoms with van der Waals surface area (Å²) in [6.45, 7) is 0. The van der Waals surface area contributed by atoms with E-state index in [2.05, 4.69) is 288 Å². The van der Waals surface area contributed by atoms with Gasteiger partial charge in [0.05, 0.1) is 5.52 Å². The average molecular weight is 1070 g/mol. The Morgan fingerprint density at radius 3 is 1.00 bits per heavy atom. The number of nitrogens with zero attached hydrogens (tertiary/aromatic N) is 2. The molecule has 366 valence electrons. The smallest absolute Gasteiger partial charge is 0.0380 e. The fourth-order valence-corrected chi connectivity index (χ4v) is 16.1. The van der Waals surface area contributed by atoms with Crippen molar-refractivity contribution >= 4 is 120 Å². The Bertz CT molecular complexity index is 5250. The van der Waals surface area contributed by atoms with Gasteiger partial charge in [0.1, 0.15) is 0 Å². The molecular weight excluding hydrogens is 1020 g/mol. The molecule has 0 aliphatic heterocycles. The topological polar surface area (TPSA) is 9.86 Å². The van der Waals surface area contributed by atoms with Crippen LogP contribution < -0.4 is 0 Å². The van der Waals surface area contributed by atoms with Gasteiger partial charge in [-0.2, -0.15) is 0 Å². The van der Waals surface area contributed by atoms with Crippen molar-refractivity contribution in [2.75, 3.05) is 0 Å². The molecule has 79 heavy (non-hydrogen) atoms. The van der Waals surface area contributed by atoms with Crippen LogP contribution in [0.25, 0.3) is 162 Å². The molecule has 14 aromatic carbocycles. The number of para-hydroxylation sites is 4. The largest absolute Gasteiger partial charge is 0.0602 e. The molecule has 0 fully saturated rings. The summed E-state index contributed by atoms with van der Waals surface area (Å²) in [6, 6.07) is 104. The van der Waals surface area contributed by atoms with E-state index in [-0.39, 0.29) is 14.5 Å². The maximum Gasteiger partial charge on any atom is -0.0380 e. The van der Waals surface area contributed by atoms with Crippen LogP contribution in [0.3, 0.4) is 0 Å². The van der Waals surface area contributed by atoms with Crippen LogP contribution in [0, 0.1) is 0 Å². The normalized spacial score (nSPS) is 12.1. The van der Waals surface area contributed by atoms with Crippen molar-refractivity contribution in [1.29, 1.82) is 0 Å². The summed E-state index contributed by atoms with van der Waals surface area (Å²) in [5.74, 6) is 0. The molecule has 0 saturated heterocycles. The molecule has 0 aliphatic carbocycles. The number of hydrogen-bond acceptors (Lipinski definition) is 0. The van der Waals surface area contributed by atoms with Gasteiger partial charge in [0, 0.05) is 11.1 Å². The standard InChI is InChI=1S/C76H46N2Se/c1-3-20-50(21-4-1)77-67-36-17-15-24-52(67)54-41-38-48(45-69(54)77)73-58-28-9-7-26-56(58)72(57-27-8-10-29-59(57)73)47-40-43-71-66(44-47)64-34-19-35-65(76(64)79-71)75-62-32-13-11-30-60(62)74(61-31-12-14-33-63(61)75)49-39-42-55-53-25-16-18-37-68(53)78(70(55)46-49)51-22-5-2-6-23-51/h1-46H. The Morgan fingerprint density at radius 2 is 0.557 bits per heavy atom. The Hall–Kier alpha value is -9.76. The third-order valence-corrected chi connectivity index (χ3v) is 19.4. The number of aromatic nitrogens is 2. The molecule has 3 heteroatoms. The van der Waals surface area contributed by atoms with E-state index in [0.717, 1.165) is 11.4 Å². The third kappa shape index (κ3) is 6.58. The first-order valence-electron chi connectivity index (χ1n) is 27.2. The Balaban J connectivity index is 0.848. The molecule has 0 amide bonds. The van der Waals surface area contributed by atoms with Crippen LogP contribution in [-0.2, 0) is 0 Å². The summed E-state index contributed by atoms with van der Waals surface area (Å²) in [6.07, 6.45) is 0. The van der Waals surface area contributed by atoms with E-state index >= 15 is 0 Å². The van der Waals surface area contributed by atoms with Crippen molar-refractivity contribution in [3.05, 3.63) is 279 Å². The van der Waals surface area contributed by atoms with E-state index in [9.17, 15) is 0 Å². The summed E-state index contributed by atoms with van der Waals surface area (Å²) in [5, 5.41) is 17.8. The van der Waals surface area contributed by atoms with Gasteiger partial charge in [0.15, 0.2) is 0 Å². The monoisotopic (exact) mass is 1070 g/mol. The van der Waals surface area contributed by atoms with Crippen LogP contribution in [0.2, 0.25) is 0 Å². The van der Waals surface area contributed by atoms with E-state index in [0.29, 0.717) is 0 Å². The molecule has 3 aromatic heterocycles. The van der Waals surface area contributed by atoms with Gasteiger partial charge < -0.3 is 0 Å². The molecule has 0 aliphatic rings. The van der Waals surface area contributed by atoms with E-state index in [1.807, 2.05) is 0 Å². The number of rotatable bonds is 6. The summed E-state index contributed by atoms with van der Waals surface area (Å²) >= 11 is 0.0887. The Kier molecular flexibility index (Phi) is 9.76. The zero-order chi connectivity index (χ0) is 51.7. The van der Waals surface area contributed by atoms with Gasteiger partial charge in [-0.15, -0.1) is 0 Å². The fourth-order valence-electron chi connectivity index (χ4n) is 13.6. The van der Waals surface area contributed by atoms with E-state index < -0.39 is 0 Å². The zero-order valence-electron chi connectivity index (χ0n) is 42.9. The summed E-state index contributed by atoms with van der Waals surface area (Å²) in [7, 11) is 0. The predicted molar refractivity (Wildman–Crippen MR) is 339 cm³/mol. The quantitative estimate of drug-likeness (QED) is 0.116.